The number of anilines is 1. The van der Waals surface area contributed by atoms with Crippen molar-refractivity contribution in [3.05, 3.63) is 50.6 Å². The highest BCUT2D eigenvalue weighted by atomic mass is 79.9. The van der Waals surface area contributed by atoms with Crippen LogP contribution in [0.4, 0.5) is 5.69 Å². The highest BCUT2D eigenvalue weighted by Gasteiger charge is 2.07. The van der Waals surface area contributed by atoms with E-state index in [0.717, 1.165) is 16.7 Å². The van der Waals surface area contributed by atoms with Crippen LogP contribution < -0.4 is 5.32 Å². The fraction of sp³-hybridized carbons (Fsp3) is 0.214. The molecule has 1 aromatic heterocycles. The third kappa shape index (κ3) is 3.81. The Morgan fingerprint density at radius 1 is 1.32 bits per heavy atom. The summed E-state index contributed by atoms with van der Waals surface area (Å²) >= 11 is 5.15. The summed E-state index contributed by atoms with van der Waals surface area (Å²) < 4.78 is 1.11. The molecule has 0 aliphatic carbocycles. The van der Waals surface area contributed by atoms with E-state index in [4.69, 9.17) is 0 Å². The SMILES string of the molecule is CN(C)C(=O)c1ccc(NCc2cc(Br)cs2)cc1. The number of benzene rings is 1. The molecule has 2 rings (SSSR count). The first-order valence-electron chi connectivity index (χ1n) is 5.85. The maximum absolute atomic E-state index is 11.7. The summed E-state index contributed by atoms with van der Waals surface area (Å²) in [7, 11) is 3.51. The molecule has 100 valence electrons. The topological polar surface area (TPSA) is 32.3 Å². The Morgan fingerprint density at radius 2 is 2.00 bits per heavy atom. The van der Waals surface area contributed by atoms with E-state index in [0.29, 0.717) is 5.56 Å². The lowest BCUT2D eigenvalue weighted by molar-refractivity contribution is 0.0827. The van der Waals surface area contributed by atoms with Gasteiger partial charge in [-0.25, -0.2) is 0 Å². The monoisotopic (exact) mass is 338 g/mol. The molecule has 0 spiro atoms. The van der Waals surface area contributed by atoms with Crippen LogP contribution in [0, 0.1) is 0 Å². The number of carbonyl (C=O) groups is 1. The van der Waals surface area contributed by atoms with Crippen LogP contribution in [0.3, 0.4) is 0 Å². The lowest BCUT2D eigenvalue weighted by Crippen LogP contribution is -2.21. The molecule has 1 amide bonds. The number of carbonyl (C=O) groups excluding carboxylic acids is 1. The van der Waals surface area contributed by atoms with Crippen molar-refractivity contribution in [2.75, 3.05) is 19.4 Å². The molecule has 0 aliphatic heterocycles. The molecule has 0 fully saturated rings. The lowest BCUT2D eigenvalue weighted by atomic mass is 10.2. The van der Waals surface area contributed by atoms with Gasteiger partial charge in [0.1, 0.15) is 0 Å². The number of halogens is 1. The zero-order valence-electron chi connectivity index (χ0n) is 10.8. The van der Waals surface area contributed by atoms with E-state index < -0.39 is 0 Å². The van der Waals surface area contributed by atoms with E-state index in [-0.39, 0.29) is 5.91 Å². The second kappa shape index (κ2) is 6.21. The van der Waals surface area contributed by atoms with Crippen molar-refractivity contribution in [1.82, 2.24) is 4.90 Å². The van der Waals surface area contributed by atoms with Crippen LogP contribution in [-0.4, -0.2) is 24.9 Å². The molecule has 0 bridgehead atoms. The van der Waals surface area contributed by atoms with Gasteiger partial charge in [-0.3, -0.25) is 4.79 Å². The van der Waals surface area contributed by atoms with Gasteiger partial charge in [0.25, 0.3) is 5.91 Å². The van der Waals surface area contributed by atoms with Gasteiger partial charge in [-0.15, -0.1) is 11.3 Å². The number of nitrogens with one attached hydrogen (secondary N) is 1. The number of thiophene rings is 1. The fourth-order valence-electron chi connectivity index (χ4n) is 1.62. The molecule has 0 radical (unpaired) electrons. The summed E-state index contributed by atoms with van der Waals surface area (Å²) in [4.78, 5) is 14.6. The van der Waals surface area contributed by atoms with Gasteiger partial charge in [0.15, 0.2) is 0 Å². The van der Waals surface area contributed by atoms with E-state index in [2.05, 4.69) is 32.7 Å². The van der Waals surface area contributed by atoms with Crippen LogP contribution >= 0.6 is 27.3 Å². The summed E-state index contributed by atoms with van der Waals surface area (Å²) in [6.07, 6.45) is 0. The number of hydrogen-bond donors (Lipinski definition) is 1. The molecule has 0 aliphatic rings. The van der Waals surface area contributed by atoms with Gasteiger partial charge in [0.2, 0.25) is 0 Å². The molecule has 19 heavy (non-hydrogen) atoms. The van der Waals surface area contributed by atoms with Crippen LogP contribution in [0.2, 0.25) is 0 Å². The summed E-state index contributed by atoms with van der Waals surface area (Å²) in [5, 5.41) is 5.40. The standard InChI is InChI=1S/C14H15BrN2OS/c1-17(2)14(18)10-3-5-12(6-4-10)16-8-13-7-11(15)9-19-13/h3-7,9,16H,8H2,1-2H3. The molecular weight excluding hydrogens is 324 g/mol. The van der Waals surface area contributed by atoms with Gasteiger partial charge in [-0.05, 0) is 46.3 Å². The maximum atomic E-state index is 11.7. The molecule has 0 atom stereocenters. The van der Waals surface area contributed by atoms with E-state index in [1.807, 2.05) is 24.3 Å². The van der Waals surface area contributed by atoms with Crippen molar-refractivity contribution in [1.29, 1.82) is 0 Å². The average molecular weight is 339 g/mol. The zero-order valence-corrected chi connectivity index (χ0v) is 13.2. The van der Waals surface area contributed by atoms with Gasteiger partial charge in [0.05, 0.1) is 0 Å². The first kappa shape index (κ1) is 14.1. The maximum Gasteiger partial charge on any atom is 0.253 e. The Labute approximate surface area is 125 Å². The Balaban J connectivity index is 1.97. The molecule has 0 saturated heterocycles. The number of rotatable bonds is 4. The zero-order chi connectivity index (χ0) is 13.8. The van der Waals surface area contributed by atoms with Gasteiger partial charge < -0.3 is 10.2 Å². The number of nitrogens with zero attached hydrogens (tertiary/aromatic N) is 1. The predicted molar refractivity (Wildman–Crippen MR) is 83.8 cm³/mol. The van der Waals surface area contributed by atoms with Crippen LogP contribution in [-0.2, 0) is 6.54 Å². The third-order valence-corrected chi connectivity index (χ3v) is 4.32. The van der Waals surface area contributed by atoms with Crippen molar-refractivity contribution in [3.8, 4) is 0 Å². The Bertz CT molecular complexity index is 563. The van der Waals surface area contributed by atoms with E-state index in [1.54, 1.807) is 30.3 Å². The molecule has 5 heteroatoms. The summed E-state index contributed by atoms with van der Waals surface area (Å²) in [5.41, 5.74) is 1.72. The first-order valence-corrected chi connectivity index (χ1v) is 7.52. The normalized spacial score (nSPS) is 10.3. The van der Waals surface area contributed by atoms with Crippen LogP contribution in [0.15, 0.2) is 40.2 Å². The van der Waals surface area contributed by atoms with E-state index in [1.165, 1.54) is 4.88 Å². The van der Waals surface area contributed by atoms with Crippen molar-refractivity contribution in [2.45, 2.75) is 6.54 Å². The van der Waals surface area contributed by atoms with Gasteiger partial charge in [-0.1, -0.05) is 0 Å². The molecule has 1 N–H and O–H groups in total. The highest BCUT2D eigenvalue weighted by molar-refractivity contribution is 9.10. The Hall–Kier alpha value is -1.33. The number of hydrogen-bond acceptors (Lipinski definition) is 3. The lowest BCUT2D eigenvalue weighted by Gasteiger charge is -2.11. The summed E-state index contributed by atoms with van der Waals surface area (Å²) in [6.45, 7) is 0.789. The van der Waals surface area contributed by atoms with E-state index in [9.17, 15) is 4.79 Å². The first-order chi connectivity index (χ1) is 9.06. The smallest absolute Gasteiger partial charge is 0.253 e. The average Bonchev–Trinajstić information content (AvgIpc) is 2.82. The minimum absolute atomic E-state index is 0.0220. The molecular formula is C14H15BrN2OS. The second-order valence-electron chi connectivity index (χ2n) is 4.36. The van der Waals surface area contributed by atoms with Crippen LogP contribution in [0.5, 0.6) is 0 Å². The molecule has 0 unspecified atom stereocenters. The summed E-state index contributed by atoms with van der Waals surface area (Å²) in [6, 6.07) is 9.64. The van der Waals surface area contributed by atoms with Crippen LogP contribution in [0.25, 0.3) is 0 Å². The fourth-order valence-corrected chi connectivity index (χ4v) is 3.02. The quantitative estimate of drug-likeness (QED) is 0.918. The minimum Gasteiger partial charge on any atom is -0.380 e. The molecule has 0 saturated carbocycles. The van der Waals surface area contributed by atoms with Crippen molar-refractivity contribution >= 4 is 38.9 Å². The van der Waals surface area contributed by atoms with Crippen molar-refractivity contribution in [2.24, 2.45) is 0 Å². The largest absolute Gasteiger partial charge is 0.380 e. The van der Waals surface area contributed by atoms with Crippen LogP contribution in [0.1, 0.15) is 15.2 Å². The third-order valence-electron chi connectivity index (χ3n) is 2.63. The van der Waals surface area contributed by atoms with Crippen molar-refractivity contribution in [3.63, 3.8) is 0 Å². The Kier molecular flexibility index (Phi) is 4.61. The molecule has 2 aromatic rings. The van der Waals surface area contributed by atoms with Gasteiger partial charge in [0, 0.05) is 46.6 Å². The molecule has 3 nitrogen and oxygen atoms in total. The van der Waals surface area contributed by atoms with Gasteiger partial charge in [-0.2, -0.15) is 0 Å². The molecule has 1 heterocycles. The van der Waals surface area contributed by atoms with Crippen molar-refractivity contribution < 1.29 is 4.79 Å². The Morgan fingerprint density at radius 3 is 2.53 bits per heavy atom. The number of amides is 1. The predicted octanol–water partition coefficient (Wildman–Crippen LogP) is 3.82. The van der Waals surface area contributed by atoms with Gasteiger partial charge >= 0.3 is 0 Å². The summed E-state index contributed by atoms with van der Waals surface area (Å²) in [5.74, 6) is 0.0220. The van der Waals surface area contributed by atoms with E-state index >= 15 is 0 Å². The molecule has 1 aromatic carbocycles. The second-order valence-corrected chi connectivity index (χ2v) is 6.27. The minimum atomic E-state index is 0.0220. The highest BCUT2D eigenvalue weighted by Crippen LogP contribution is 2.21.